The van der Waals surface area contributed by atoms with Gasteiger partial charge in [0.05, 0.1) is 36.1 Å². The minimum absolute atomic E-state index is 0.0566. The summed E-state index contributed by atoms with van der Waals surface area (Å²) in [6.45, 7) is -0.217. The van der Waals surface area contributed by atoms with E-state index in [1.165, 1.54) is 24.3 Å². The Balaban J connectivity index is 1.96. The average Bonchev–Trinajstić information content (AvgIpc) is 2.94. The minimum atomic E-state index is -1.32. The summed E-state index contributed by atoms with van der Waals surface area (Å²) >= 11 is 0. The number of carboxylic acids is 1. The van der Waals surface area contributed by atoms with Crippen LogP contribution in [0.2, 0.25) is 0 Å². The molecule has 0 saturated carbocycles. The van der Waals surface area contributed by atoms with Crippen molar-refractivity contribution in [1.82, 2.24) is 4.90 Å². The molecule has 0 aliphatic carbocycles. The molecule has 0 aromatic heterocycles. The molecule has 3 N–H and O–H groups in total. The maximum absolute atomic E-state index is 12.2. The molecule has 10 nitrogen and oxygen atoms in total. The van der Waals surface area contributed by atoms with Crippen molar-refractivity contribution in [2.45, 2.75) is 37.7 Å². The third kappa shape index (κ3) is 4.88. The van der Waals surface area contributed by atoms with Crippen molar-refractivity contribution in [2.24, 2.45) is 0 Å². The fourth-order valence-corrected chi connectivity index (χ4v) is 2.67. The number of benzene rings is 1. The summed E-state index contributed by atoms with van der Waals surface area (Å²) in [6.07, 6.45) is -3.49. The summed E-state index contributed by atoms with van der Waals surface area (Å²) < 4.78 is 5.09. The van der Waals surface area contributed by atoms with Gasteiger partial charge in [-0.1, -0.05) is 0 Å². The quantitative estimate of drug-likeness (QED) is 0.493. The fraction of sp³-hybridized carbons (Fsp3) is 0.467. The SMILES string of the molecule is O=C(O)CC(O)[C@@H]1C[C@@H](O)CN1C(=O)OCc1ccc([N+](=O)[O-])cc1. The number of hydrogen-bond acceptors (Lipinski definition) is 7. The Morgan fingerprint density at radius 3 is 2.56 bits per heavy atom. The third-order valence-corrected chi connectivity index (χ3v) is 3.89. The molecule has 1 heterocycles. The van der Waals surface area contributed by atoms with Crippen molar-refractivity contribution in [3.63, 3.8) is 0 Å². The van der Waals surface area contributed by atoms with Gasteiger partial charge in [0.15, 0.2) is 0 Å². The number of aliphatic carboxylic acids is 1. The van der Waals surface area contributed by atoms with Crippen molar-refractivity contribution in [2.75, 3.05) is 6.54 Å². The van der Waals surface area contributed by atoms with Gasteiger partial charge in [-0.25, -0.2) is 4.79 Å². The zero-order chi connectivity index (χ0) is 18.6. The number of likely N-dealkylation sites (tertiary alicyclic amines) is 1. The molecule has 1 fully saturated rings. The van der Waals surface area contributed by atoms with E-state index in [0.29, 0.717) is 5.56 Å². The van der Waals surface area contributed by atoms with Crippen molar-refractivity contribution in [1.29, 1.82) is 0 Å². The van der Waals surface area contributed by atoms with Crippen LogP contribution in [0.3, 0.4) is 0 Å². The van der Waals surface area contributed by atoms with Gasteiger partial charge in [0.1, 0.15) is 6.61 Å². The number of amides is 1. The van der Waals surface area contributed by atoms with E-state index in [-0.39, 0.29) is 25.3 Å². The first-order valence-corrected chi connectivity index (χ1v) is 7.52. The Bertz CT molecular complexity index is 647. The number of aliphatic hydroxyl groups is 2. The first kappa shape index (κ1) is 18.6. The van der Waals surface area contributed by atoms with Gasteiger partial charge in [0.25, 0.3) is 5.69 Å². The van der Waals surface area contributed by atoms with Gasteiger partial charge in [-0.3, -0.25) is 19.8 Å². The van der Waals surface area contributed by atoms with Gasteiger partial charge in [-0.2, -0.15) is 0 Å². The molecule has 0 bridgehead atoms. The summed E-state index contributed by atoms with van der Waals surface area (Å²) in [5, 5.41) is 38.9. The largest absolute Gasteiger partial charge is 0.481 e. The van der Waals surface area contributed by atoms with E-state index < -0.39 is 41.7 Å². The maximum atomic E-state index is 12.2. The van der Waals surface area contributed by atoms with E-state index in [1.807, 2.05) is 0 Å². The standard InChI is InChI=1S/C15H18N2O8/c18-11-5-12(13(19)6-14(20)21)16(7-11)15(22)25-8-9-1-3-10(4-2-9)17(23)24/h1-4,11-13,18-19H,5-8H2,(H,20,21)/t11-,12+,13?/m1/s1. The normalized spacial score (nSPS) is 21.0. The van der Waals surface area contributed by atoms with Gasteiger partial charge < -0.3 is 20.1 Å². The summed E-state index contributed by atoms with van der Waals surface area (Å²) in [6, 6.07) is 4.60. The molecule has 1 aliphatic rings. The number of aliphatic hydroxyl groups excluding tert-OH is 2. The molecular formula is C15H18N2O8. The summed E-state index contributed by atoms with van der Waals surface area (Å²) in [4.78, 5) is 34.0. The highest BCUT2D eigenvalue weighted by molar-refractivity contribution is 5.70. The molecule has 1 aromatic carbocycles. The van der Waals surface area contributed by atoms with E-state index in [4.69, 9.17) is 9.84 Å². The van der Waals surface area contributed by atoms with Gasteiger partial charge in [0.2, 0.25) is 0 Å². The molecule has 136 valence electrons. The smallest absolute Gasteiger partial charge is 0.410 e. The van der Waals surface area contributed by atoms with Crippen molar-refractivity contribution in [3.8, 4) is 0 Å². The maximum Gasteiger partial charge on any atom is 0.410 e. The van der Waals surface area contributed by atoms with E-state index in [9.17, 15) is 29.9 Å². The van der Waals surface area contributed by atoms with E-state index in [1.54, 1.807) is 0 Å². The number of nitro groups is 1. The monoisotopic (exact) mass is 354 g/mol. The minimum Gasteiger partial charge on any atom is -0.481 e. The van der Waals surface area contributed by atoms with Crippen LogP contribution in [0.4, 0.5) is 10.5 Å². The molecule has 1 aromatic rings. The Hall–Kier alpha value is -2.72. The fourth-order valence-electron chi connectivity index (χ4n) is 2.67. The molecule has 1 aliphatic heterocycles. The highest BCUT2D eigenvalue weighted by Crippen LogP contribution is 2.24. The average molecular weight is 354 g/mol. The van der Waals surface area contributed by atoms with E-state index >= 15 is 0 Å². The third-order valence-electron chi connectivity index (χ3n) is 3.89. The Labute approximate surface area is 142 Å². The molecular weight excluding hydrogens is 336 g/mol. The number of β-amino-alcohol motifs (C(OH)–C–C–N with tert-alkyl or cyclic N) is 1. The number of ether oxygens (including phenoxy) is 1. The van der Waals surface area contributed by atoms with Crippen LogP contribution in [0.25, 0.3) is 0 Å². The number of rotatable bonds is 6. The van der Waals surface area contributed by atoms with E-state index in [2.05, 4.69) is 0 Å². The second-order valence-corrected chi connectivity index (χ2v) is 5.75. The Kier molecular flexibility index (Phi) is 5.88. The van der Waals surface area contributed by atoms with Crippen LogP contribution < -0.4 is 0 Å². The number of nitrogens with zero attached hydrogens (tertiary/aromatic N) is 2. The lowest BCUT2D eigenvalue weighted by Gasteiger charge is -2.26. The van der Waals surface area contributed by atoms with Crippen LogP contribution in [0.5, 0.6) is 0 Å². The predicted octanol–water partition coefficient (Wildman–Crippen LogP) is 0.502. The number of carboxylic acid groups (broad SMARTS) is 1. The van der Waals surface area contributed by atoms with Crippen LogP contribution >= 0.6 is 0 Å². The number of carbonyl (C=O) groups is 2. The molecule has 10 heteroatoms. The molecule has 2 rings (SSSR count). The molecule has 0 spiro atoms. The van der Waals surface area contributed by atoms with Crippen molar-refractivity contribution in [3.05, 3.63) is 39.9 Å². The zero-order valence-electron chi connectivity index (χ0n) is 13.1. The van der Waals surface area contributed by atoms with Crippen molar-refractivity contribution < 1.29 is 34.6 Å². The lowest BCUT2D eigenvalue weighted by Crippen LogP contribution is -2.43. The number of carbonyl (C=O) groups excluding carboxylic acids is 1. The number of non-ortho nitro benzene ring substituents is 1. The second-order valence-electron chi connectivity index (χ2n) is 5.75. The second kappa shape index (κ2) is 7.90. The summed E-state index contributed by atoms with van der Waals surface area (Å²) in [7, 11) is 0. The molecule has 3 atom stereocenters. The first-order valence-electron chi connectivity index (χ1n) is 7.52. The first-order chi connectivity index (χ1) is 11.8. The van der Waals surface area contributed by atoms with Gasteiger partial charge in [0, 0.05) is 12.1 Å². The molecule has 25 heavy (non-hydrogen) atoms. The molecule has 1 saturated heterocycles. The molecule has 0 radical (unpaired) electrons. The Morgan fingerprint density at radius 1 is 1.36 bits per heavy atom. The predicted molar refractivity (Wildman–Crippen MR) is 82.7 cm³/mol. The summed E-state index contributed by atoms with van der Waals surface area (Å²) in [5.41, 5.74) is 0.441. The van der Waals surface area contributed by atoms with Crippen LogP contribution in [-0.2, 0) is 16.1 Å². The highest BCUT2D eigenvalue weighted by Gasteiger charge is 2.40. The van der Waals surface area contributed by atoms with Crippen LogP contribution in [0.15, 0.2) is 24.3 Å². The number of nitro benzene ring substituents is 1. The molecule has 1 amide bonds. The highest BCUT2D eigenvalue weighted by atomic mass is 16.6. The van der Waals surface area contributed by atoms with Gasteiger partial charge >= 0.3 is 12.1 Å². The summed E-state index contributed by atoms with van der Waals surface area (Å²) in [5.74, 6) is -1.21. The Morgan fingerprint density at radius 2 is 2.00 bits per heavy atom. The zero-order valence-corrected chi connectivity index (χ0v) is 13.1. The number of hydrogen-bond donors (Lipinski definition) is 3. The van der Waals surface area contributed by atoms with Gasteiger partial charge in [-0.15, -0.1) is 0 Å². The lowest BCUT2D eigenvalue weighted by atomic mass is 10.1. The topological polar surface area (TPSA) is 150 Å². The molecule has 1 unspecified atom stereocenters. The van der Waals surface area contributed by atoms with E-state index in [0.717, 1.165) is 4.90 Å². The lowest BCUT2D eigenvalue weighted by molar-refractivity contribution is -0.384. The van der Waals surface area contributed by atoms with Gasteiger partial charge in [-0.05, 0) is 24.1 Å². The van der Waals surface area contributed by atoms with Crippen LogP contribution in [0.1, 0.15) is 18.4 Å². The van der Waals surface area contributed by atoms with Crippen molar-refractivity contribution >= 4 is 17.7 Å². The van der Waals surface area contributed by atoms with Crippen LogP contribution in [-0.4, -0.2) is 62.0 Å². The van der Waals surface area contributed by atoms with Crippen LogP contribution in [0, 0.1) is 10.1 Å².